The summed E-state index contributed by atoms with van der Waals surface area (Å²) in [5.74, 6) is -0.165. The number of aliphatic carboxylic acids is 1. The number of carboxylic acids is 1. The molecule has 1 aromatic carbocycles. The van der Waals surface area contributed by atoms with Crippen LogP contribution in [0.15, 0.2) is 22.7 Å². The van der Waals surface area contributed by atoms with Crippen LogP contribution in [0.3, 0.4) is 0 Å². The Morgan fingerprint density at radius 3 is 2.65 bits per heavy atom. The fourth-order valence-corrected chi connectivity index (χ4v) is 3.23. The number of nitrogens with one attached hydrogen (secondary N) is 1. The van der Waals surface area contributed by atoms with Gasteiger partial charge in [0.2, 0.25) is 0 Å². The lowest BCUT2D eigenvalue weighted by molar-refractivity contribution is -0.143. The van der Waals surface area contributed by atoms with Crippen molar-refractivity contribution in [2.75, 3.05) is 6.54 Å². The smallest absolute Gasteiger partial charge is 0.306 e. The van der Waals surface area contributed by atoms with Gasteiger partial charge in [-0.05, 0) is 71.8 Å². The van der Waals surface area contributed by atoms with Crippen LogP contribution >= 0.6 is 27.5 Å². The molecule has 1 saturated carbocycles. The monoisotopic (exact) mass is 359 g/mol. The van der Waals surface area contributed by atoms with Gasteiger partial charge in [-0.25, -0.2) is 0 Å². The van der Waals surface area contributed by atoms with Gasteiger partial charge in [0, 0.05) is 11.0 Å². The van der Waals surface area contributed by atoms with Gasteiger partial charge in [-0.1, -0.05) is 17.7 Å². The molecule has 2 rings (SSSR count). The van der Waals surface area contributed by atoms with Crippen molar-refractivity contribution >= 4 is 33.5 Å². The van der Waals surface area contributed by atoms with E-state index in [9.17, 15) is 4.79 Å². The first kappa shape index (κ1) is 15.8. The van der Waals surface area contributed by atoms with Crippen LogP contribution in [-0.4, -0.2) is 17.6 Å². The van der Waals surface area contributed by atoms with E-state index in [2.05, 4.69) is 21.2 Å². The molecule has 0 amide bonds. The molecular weight excluding hydrogens is 342 g/mol. The largest absolute Gasteiger partial charge is 0.481 e. The van der Waals surface area contributed by atoms with Gasteiger partial charge >= 0.3 is 5.97 Å². The Morgan fingerprint density at radius 2 is 2.05 bits per heavy atom. The van der Waals surface area contributed by atoms with Crippen LogP contribution in [-0.2, 0) is 11.3 Å². The quantitative estimate of drug-likeness (QED) is 0.831. The minimum absolute atomic E-state index is 0.126. The number of rotatable bonds is 5. The van der Waals surface area contributed by atoms with Gasteiger partial charge in [0.05, 0.1) is 10.9 Å². The molecule has 0 heterocycles. The maximum absolute atomic E-state index is 10.9. The highest BCUT2D eigenvalue weighted by Crippen LogP contribution is 2.28. The summed E-state index contributed by atoms with van der Waals surface area (Å²) >= 11 is 9.38. The molecule has 0 unspecified atom stereocenters. The lowest BCUT2D eigenvalue weighted by Gasteiger charge is -2.26. The lowest BCUT2D eigenvalue weighted by Crippen LogP contribution is -2.28. The van der Waals surface area contributed by atoms with Crippen LogP contribution in [0.25, 0.3) is 0 Å². The Hall–Kier alpha value is -0.580. The van der Waals surface area contributed by atoms with Crippen molar-refractivity contribution in [1.29, 1.82) is 0 Å². The van der Waals surface area contributed by atoms with Crippen molar-refractivity contribution in [2.45, 2.75) is 32.2 Å². The molecule has 1 aliphatic carbocycles. The second-order valence-electron chi connectivity index (χ2n) is 5.44. The summed E-state index contributed by atoms with van der Waals surface area (Å²) in [6, 6.07) is 5.93. The number of hydrogen-bond acceptors (Lipinski definition) is 2. The average Bonchev–Trinajstić information content (AvgIpc) is 2.43. The first-order chi connectivity index (χ1) is 9.56. The van der Waals surface area contributed by atoms with Crippen LogP contribution in [0.2, 0.25) is 5.02 Å². The molecule has 0 radical (unpaired) electrons. The molecule has 1 fully saturated rings. The number of halogens is 2. The molecule has 5 heteroatoms. The molecule has 0 atom stereocenters. The summed E-state index contributed by atoms with van der Waals surface area (Å²) in [5.41, 5.74) is 1.19. The molecule has 0 spiro atoms. The third kappa shape index (κ3) is 4.47. The second kappa shape index (κ2) is 7.43. The van der Waals surface area contributed by atoms with Crippen molar-refractivity contribution in [2.24, 2.45) is 11.8 Å². The Labute approximate surface area is 132 Å². The van der Waals surface area contributed by atoms with Gasteiger partial charge < -0.3 is 10.4 Å². The van der Waals surface area contributed by atoms with E-state index in [1.807, 2.05) is 18.2 Å². The van der Waals surface area contributed by atoms with E-state index < -0.39 is 5.97 Å². The van der Waals surface area contributed by atoms with Crippen LogP contribution in [0, 0.1) is 11.8 Å². The molecule has 20 heavy (non-hydrogen) atoms. The predicted octanol–water partition coefficient (Wildman–Crippen LogP) is 4.08. The standard InChI is InChI=1S/C15H19BrClNO2/c16-13-7-11(3-6-14(13)17)9-18-8-10-1-4-12(5-2-10)15(19)20/h3,6-7,10,12,18H,1-2,4-5,8-9H2,(H,19,20). The number of carbonyl (C=O) groups is 1. The van der Waals surface area contributed by atoms with Crippen LogP contribution in [0.1, 0.15) is 31.2 Å². The first-order valence-electron chi connectivity index (χ1n) is 6.93. The van der Waals surface area contributed by atoms with Gasteiger partial charge in [0.1, 0.15) is 0 Å². The predicted molar refractivity (Wildman–Crippen MR) is 83.9 cm³/mol. The molecule has 2 N–H and O–H groups in total. The minimum Gasteiger partial charge on any atom is -0.481 e. The first-order valence-corrected chi connectivity index (χ1v) is 8.11. The van der Waals surface area contributed by atoms with E-state index in [0.717, 1.165) is 48.3 Å². The second-order valence-corrected chi connectivity index (χ2v) is 6.70. The number of carboxylic acid groups (broad SMARTS) is 1. The highest BCUT2D eigenvalue weighted by Gasteiger charge is 2.25. The Bertz CT molecular complexity index is 473. The Balaban J connectivity index is 1.71. The molecule has 0 aliphatic heterocycles. The third-order valence-electron chi connectivity index (χ3n) is 3.94. The Kier molecular flexibility index (Phi) is 5.87. The fourth-order valence-electron chi connectivity index (χ4n) is 2.68. The maximum Gasteiger partial charge on any atom is 0.306 e. The summed E-state index contributed by atoms with van der Waals surface area (Å²) in [4.78, 5) is 10.9. The lowest BCUT2D eigenvalue weighted by atomic mass is 9.82. The zero-order valence-corrected chi connectivity index (χ0v) is 13.6. The van der Waals surface area contributed by atoms with E-state index in [4.69, 9.17) is 16.7 Å². The van der Waals surface area contributed by atoms with Crippen LogP contribution < -0.4 is 5.32 Å². The van der Waals surface area contributed by atoms with Gasteiger partial charge in [-0.3, -0.25) is 4.79 Å². The normalized spacial score (nSPS) is 22.7. The third-order valence-corrected chi connectivity index (χ3v) is 5.16. The highest BCUT2D eigenvalue weighted by molar-refractivity contribution is 9.10. The summed E-state index contributed by atoms with van der Waals surface area (Å²) in [6.07, 6.45) is 3.64. The molecule has 0 saturated heterocycles. The summed E-state index contributed by atoms with van der Waals surface area (Å²) in [5, 5.41) is 13.1. The molecule has 1 aromatic rings. The molecule has 1 aliphatic rings. The molecule has 0 bridgehead atoms. The van der Waals surface area contributed by atoms with E-state index in [0.29, 0.717) is 5.92 Å². The number of benzene rings is 1. The fraction of sp³-hybridized carbons (Fsp3) is 0.533. The van der Waals surface area contributed by atoms with Crippen molar-refractivity contribution in [3.8, 4) is 0 Å². The minimum atomic E-state index is -0.637. The van der Waals surface area contributed by atoms with E-state index in [-0.39, 0.29) is 5.92 Å². The Morgan fingerprint density at radius 1 is 1.35 bits per heavy atom. The van der Waals surface area contributed by atoms with Crippen molar-refractivity contribution in [3.05, 3.63) is 33.3 Å². The van der Waals surface area contributed by atoms with Crippen molar-refractivity contribution in [3.63, 3.8) is 0 Å². The van der Waals surface area contributed by atoms with E-state index in [1.54, 1.807) is 0 Å². The van der Waals surface area contributed by atoms with Crippen molar-refractivity contribution < 1.29 is 9.90 Å². The van der Waals surface area contributed by atoms with Gasteiger partial charge in [-0.15, -0.1) is 0 Å². The molecule has 110 valence electrons. The average molecular weight is 361 g/mol. The number of hydrogen-bond donors (Lipinski definition) is 2. The van der Waals surface area contributed by atoms with E-state index >= 15 is 0 Å². The molecule has 3 nitrogen and oxygen atoms in total. The maximum atomic E-state index is 10.9. The zero-order chi connectivity index (χ0) is 14.5. The summed E-state index contributed by atoms with van der Waals surface area (Å²) in [6.45, 7) is 1.77. The van der Waals surface area contributed by atoms with Gasteiger partial charge in [0.15, 0.2) is 0 Å². The molecular formula is C15H19BrClNO2. The van der Waals surface area contributed by atoms with Crippen LogP contribution in [0.5, 0.6) is 0 Å². The summed E-state index contributed by atoms with van der Waals surface area (Å²) < 4.78 is 0.917. The van der Waals surface area contributed by atoms with Crippen LogP contribution in [0.4, 0.5) is 0 Å². The topological polar surface area (TPSA) is 49.3 Å². The van der Waals surface area contributed by atoms with Gasteiger partial charge in [0.25, 0.3) is 0 Å². The highest BCUT2D eigenvalue weighted by atomic mass is 79.9. The SMILES string of the molecule is O=C(O)C1CCC(CNCc2ccc(Cl)c(Br)c2)CC1. The van der Waals surface area contributed by atoms with Gasteiger partial charge in [-0.2, -0.15) is 0 Å². The van der Waals surface area contributed by atoms with E-state index in [1.165, 1.54) is 5.56 Å². The zero-order valence-electron chi connectivity index (χ0n) is 11.2. The summed E-state index contributed by atoms with van der Waals surface area (Å²) in [7, 11) is 0. The molecule has 0 aromatic heterocycles. The van der Waals surface area contributed by atoms with Crippen molar-refractivity contribution in [1.82, 2.24) is 5.32 Å².